The van der Waals surface area contributed by atoms with Crippen LogP contribution in [0.4, 0.5) is 0 Å². The maximum atomic E-state index is 12.2. The molecule has 0 spiro atoms. The van der Waals surface area contributed by atoms with Gasteiger partial charge in [0.15, 0.2) is 11.5 Å². The number of nitrogens with zero attached hydrogens (tertiary/aromatic N) is 1. The molecule has 0 saturated heterocycles. The van der Waals surface area contributed by atoms with Gasteiger partial charge in [-0.2, -0.15) is 0 Å². The van der Waals surface area contributed by atoms with Crippen LogP contribution < -0.4 is 11.1 Å². The molecule has 1 aromatic carbocycles. The maximum absolute atomic E-state index is 12.2. The van der Waals surface area contributed by atoms with Crippen molar-refractivity contribution in [2.45, 2.75) is 25.8 Å². The van der Waals surface area contributed by atoms with Crippen LogP contribution in [0.2, 0.25) is 0 Å². The molecule has 1 amide bonds. The Bertz CT molecular complexity index is 820. The van der Waals surface area contributed by atoms with Crippen molar-refractivity contribution in [3.8, 4) is 11.5 Å². The lowest BCUT2D eigenvalue weighted by molar-refractivity contribution is 0.0942. The summed E-state index contributed by atoms with van der Waals surface area (Å²) in [6, 6.07) is 12.8. The summed E-state index contributed by atoms with van der Waals surface area (Å²) in [6.45, 7) is 4.59. The molecule has 0 radical (unpaired) electrons. The Balaban J connectivity index is 1.58. The summed E-state index contributed by atoms with van der Waals surface area (Å²) < 4.78 is 10.3. The summed E-state index contributed by atoms with van der Waals surface area (Å²) in [5, 5.41) is 6.54. The van der Waals surface area contributed by atoms with Crippen molar-refractivity contribution >= 4 is 5.91 Å². The summed E-state index contributed by atoms with van der Waals surface area (Å²) in [4.78, 5) is 12.2. The number of amides is 1. The van der Waals surface area contributed by atoms with Crippen LogP contribution in [0.5, 0.6) is 0 Å². The second-order valence-electron chi connectivity index (χ2n) is 6.19. The van der Waals surface area contributed by atoms with Crippen molar-refractivity contribution in [3.63, 3.8) is 0 Å². The minimum atomic E-state index is -0.337. The van der Waals surface area contributed by atoms with Crippen molar-refractivity contribution in [3.05, 3.63) is 65.5 Å². The first kappa shape index (κ1) is 17.0. The molecule has 6 heteroatoms. The lowest BCUT2D eigenvalue weighted by Crippen LogP contribution is -2.32. The molecule has 3 N–H and O–H groups in total. The van der Waals surface area contributed by atoms with E-state index in [0.717, 1.165) is 5.56 Å². The van der Waals surface area contributed by atoms with Gasteiger partial charge in [-0.1, -0.05) is 43.3 Å². The third kappa shape index (κ3) is 3.97. The molecule has 25 heavy (non-hydrogen) atoms. The molecule has 0 aliphatic rings. The first-order chi connectivity index (χ1) is 12.0. The first-order valence-corrected chi connectivity index (χ1v) is 8.19. The van der Waals surface area contributed by atoms with E-state index in [9.17, 15) is 4.79 Å². The fourth-order valence-corrected chi connectivity index (χ4v) is 2.46. The molecule has 3 rings (SSSR count). The predicted molar refractivity (Wildman–Crippen MR) is 94.0 cm³/mol. The minimum absolute atomic E-state index is 0.189. The zero-order valence-corrected chi connectivity index (χ0v) is 14.2. The summed E-state index contributed by atoms with van der Waals surface area (Å²) in [5.74, 6) is 1.06. The second-order valence-corrected chi connectivity index (χ2v) is 6.19. The van der Waals surface area contributed by atoms with E-state index in [2.05, 4.69) is 36.5 Å². The predicted octanol–water partition coefficient (Wildman–Crippen LogP) is 3.49. The van der Waals surface area contributed by atoms with Gasteiger partial charge < -0.3 is 20.0 Å². The molecule has 0 aliphatic carbocycles. The third-order valence-electron chi connectivity index (χ3n) is 4.02. The van der Waals surface area contributed by atoms with Crippen LogP contribution in [0.15, 0.2) is 57.7 Å². The quantitative estimate of drug-likeness (QED) is 0.717. The van der Waals surface area contributed by atoms with Gasteiger partial charge in [-0.15, -0.1) is 0 Å². The number of hydrogen-bond acceptors (Lipinski definition) is 5. The highest BCUT2D eigenvalue weighted by molar-refractivity contribution is 5.92. The van der Waals surface area contributed by atoms with Crippen molar-refractivity contribution in [1.82, 2.24) is 10.5 Å². The molecule has 130 valence electrons. The number of hydrogen-bond donors (Lipinski definition) is 2. The Labute approximate surface area is 146 Å². The van der Waals surface area contributed by atoms with Gasteiger partial charge in [-0.25, -0.2) is 0 Å². The highest BCUT2D eigenvalue weighted by Crippen LogP contribution is 2.21. The van der Waals surface area contributed by atoms with E-state index >= 15 is 0 Å². The average Bonchev–Trinajstić information content (AvgIpc) is 3.30. The van der Waals surface area contributed by atoms with Gasteiger partial charge in [0, 0.05) is 18.7 Å². The lowest BCUT2D eigenvalue weighted by Gasteiger charge is -2.14. The van der Waals surface area contributed by atoms with Gasteiger partial charge in [0.1, 0.15) is 0 Å². The smallest absolute Gasteiger partial charge is 0.273 e. The number of nitrogens with one attached hydrogen (secondary N) is 1. The number of rotatable bonds is 6. The van der Waals surface area contributed by atoms with E-state index in [4.69, 9.17) is 14.7 Å². The fraction of sp³-hybridized carbons (Fsp3) is 0.263. The van der Waals surface area contributed by atoms with Gasteiger partial charge in [0.25, 0.3) is 5.91 Å². The number of nitrogens with two attached hydrogens (primary N) is 1. The standard InChI is InChI=1S/C19H21N3O3/c1-12(2)13-5-7-14(8-6-13)15(20)11-21-19(23)16-10-18(25-22-16)17-4-3-9-24-17/h3-10,12,15H,11,20H2,1-2H3,(H,21,23). The average molecular weight is 339 g/mol. The SMILES string of the molecule is CC(C)c1ccc(C(N)CNC(=O)c2cc(-c3ccco3)on2)cc1. The number of aromatic nitrogens is 1. The van der Waals surface area contributed by atoms with Gasteiger partial charge in [-0.05, 0) is 29.2 Å². The van der Waals surface area contributed by atoms with E-state index in [1.807, 2.05) is 12.1 Å². The van der Waals surface area contributed by atoms with Gasteiger partial charge in [0.05, 0.1) is 6.26 Å². The van der Waals surface area contributed by atoms with E-state index in [1.165, 1.54) is 17.9 Å². The molecule has 0 saturated carbocycles. The molecule has 2 aromatic heterocycles. The van der Waals surface area contributed by atoms with Crippen LogP contribution in [0.1, 0.15) is 47.4 Å². The molecule has 6 nitrogen and oxygen atoms in total. The summed E-state index contributed by atoms with van der Waals surface area (Å²) >= 11 is 0. The largest absolute Gasteiger partial charge is 0.461 e. The van der Waals surface area contributed by atoms with Crippen molar-refractivity contribution in [2.24, 2.45) is 5.73 Å². The number of carbonyl (C=O) groups excluding carboxylic acids is 1. The van der Waals surface area contributed by atoms with Gasteiger partial charge >= 0.3 is 0 Å². The summed E-state index contributed by atoms with van der Waals surface area (Å²) in [7, 11) is 0. The second kappa shape index (κ2) is 7.36. The topological polar surface area (TPSA) is 94.3 Å². The molecular weight excluding hydrogens is 318 g/mol. The van der Waals surface area contributed by atoms with Crippen molar-refractivity contribution in [1.29, 1.82) is 0 Å². The zero-order valence-electron chi connectivity index (χ0n) is 14.2. The molecule has 0 fully saturated rings. The molecule has 1 unspecified atom stereocenters. The number of carbonyl (C=O) groups is 1. The van der Waals surface area contributed by atoms with Crippen LogP contribution >= 0.6 is 0 Å². The van der Waals surface area contributed by atoms with Crippen LogP contribution in [0, 0.1) is 0 Å². The van der Waals surface area contributed by atoms with E-state index in [-0.39, 0.29) is 17.6 Å². The van der Waals surface area contributed by atoms with Gasteiger partial charge in [-0.3, -0.25) is 4.79 Å². The molecule has 3 aromatic rings. The zero-order chi connectivity index (χ0) is 17.8. The van der Waals surface area contributed by atoms with Gasteiger partial charge in [0.2, 0.25) is 5.76 Å². The van der Waals surface area contributed by atoms with Crippen LogP contribution in [-0.2, 0) is 0 Å². The lowest BCUT2D eigenvalue weighted by atomic mass is 9.99. The Hall–Kier alpha value is -2.86. The fourth-order valence-electron chi connectivity index (χ4n) is 2.46. The minimum Gasteiger partial charge on any atom is -0.461 e. The van der Waals surface area contributed by atoms with E-state index in [0.29, 0.717) is 24.0 Å². The summed E-state index contributed by atoms with van der Waals surface area (Å²) in [5.41, 5.74) is 8.58. The van der Waals surface area contributed by atoms with Crippen molar-refractivity contribution < 1.29 is 13.7 Å². The van der Waals surface area contributed by atoms with Crippen LogP contribution in [0.25, 0.3) is 11.5 Å². The van der Waals surface area contributed by atoms with Crippen LogP contribution in [0.3, 0.4) is 0 Å². The Kier molecular flexibility index (Phi) is 5.00. The molecule has 1 atom stereocenters. The highest BCUT2D eigenvalue weighted by Gasteiger charge is 2.16. The molecule has 0 aliphatic heterocycles. The Morgan fingerprint density at radius 3 is 2.52 bits per heavy atom. The molecule has 2 heterocycles. The Morgan fingerprint density at radius 2 is 1.88 bits per heavy atom. The first-order valence-electron chi connectivity index (χ1n) is 8.19. The molecule has 0 bridgehead atoms. The monoisotopic (exact) mass is 339 g/mol. The maximum Gasteiger partial charge on any atom is 0.273 e. The number of benzene rings is 1. The third-order valence-corrected chi connectivity index (χ3v) is 4.02. The number of furan rings is 1. The molecular formula is C19H21N3O3. The van der Waals surface area contributed by atoms with Crippen molar-refractivity contribution in [2.75, 3.05) is 6.54 Å². The summed E-state index contributed by atoms with van der Waals surface area (Å²) in [6.07, 6.45) is 1.53. The normalized spacial score (nSPS) is 12.3. The highest BCUT2D eigenvalue weighted by atomic mass is 16.5. The Morgan fingerprint density at radius 1 is 1.16 bits per heavy atom. The van der Waals surface area contributed by atoms with E-state index in [1.54, 1.807) is 12.1 Å². The van der Waals surface area contributed by atoms with E-state index < -0.39 is 0 Å². The van der Waals surface area contributed by atoms with Crippen LogP contribution in [-0.4, -0.2) is 17.6 Å².